The van der Waals surface area contributed by atoms with Crippen molar-refractivity contribution in [2.24, 2.45) is 0 Å². The van der Waals surface area contributed by atoms with E-state index in [1.165, 1.54) is 18.2 Å². The molecule has 7 heteroatoms. The molecule has 3 aromatic rings. The zero-order valence-electron chi connectivity index (χ0n) is 13.3. The van der Waals surface area contributed by atoms with Crippen molar-refractivity contribution in [2.45, 2.75) is 16.8 Å². The highest BCUT2D eigenvalue weighted by Gasteiger charge is 2.34. The number of hydrogen-bond acceptors (Lipinski definition) is 4. The summed E-state index contributed by atoms with van der Waals surface area (Å²) in [6, 6.07) is 15.0. The molecule has 1 N–H and O–H groups in total. The lowest BCUT2D eigenvalue weighted by Gasteiger charge is -2.12. The minimum Gasteiger partial charge on any atom is -0.506 e. The molecule has 0 atom stereocenters. The number of hydrogen-bond donors (Lipinski definition) is 1. The van der Waals surface area contributed by atoms with Crippen molar-refractivity contribution in [3.63, 3.8) is 0 Å². The van der Waals surface area contributed by atoms with E-state index < -0.39 is 23.1 Å². The minimum atomic E-state index is -4.61. The summed E-state index contributed by atoms with van der Waals surface area (Å²) in [4.78, 5) is 12.1. The van der Waals surface area contributed by atoms with Crippen LogP contribution in [0.3, 0.4) is 0 Å². The zero-order chi connectivity index (χ0) is 18.7. The Balaban J connectivity index is 1.95. The van der Waals surface area contributed by atoms with Gasteiger partial charge in [0.25, 0.3) is 0 Å². The molecule has 1 heterocycles. The van der Waals surface area contributed by atoms with Gasteiger partial charge in [-0.15, -0.1) is 11.8 Å². The Kier molecular flexibility index (Phi) is 5.08. The van der Waals surface area contributed by atoms with E-state index in [1.807, 2.05) is 30.3 Å². The average Bonchev–Trinajstić information content (AvgIpc) is 2.61. The van der Waals surface area contributed by atoms with Gasteiger partial charge in [0.1, 0.15) is 16.4 Å². The number of benzene rings is 2. The predicted molar refractivity (Wildman–Crippen MR) is 93.1 cm³/mol. The fourth-order valence-electron chi connectivity index (χ4n) is 2.41. The highest BCUT2D eigenvalue weighted by atomic mass is 32.2. The van der Waals surface area contributed by atoms with Gasteiger partial charge in [0, 0.05) is 17.4 Å². The summed E-state index contributed by atoms with van der Waals surface area (Å²) >= 11 is 1.06. The zero-order valence-corrected chi connectivity index (χ0v) is 14.1. The summed E-state index contributed by atoms with van der Waals surface area (Å²) in [5.41, 5.74) is -1.18. The molecule has 3 nitrogen and oxygen atoms in total. The predicted octanol–water partition coefficient (Wildman–Crippen LogP) is 5.32. The van der Waals surface area contributed by atoms with E-state index in [0.29, 0.717) is 5.75 Å². The van der Waals surface area contributed by atoms with E-state index >= 15 is 0 Å². The van der Waals surface area contributed by atoms with Crippen molar-refractivity contribution in [1.29, 1.82) is 0 Å². The Labute approximate surface area is 151 Å². The Hall–Kier alpha value is -2.67. The number of aromatic hydroxyl groups is 1. The van der Waals surface area contributed by atoms with Crippen LogP contribution in [0, 0.1) is 0 Å². The molecular weight excluding hydrogens is 365 g/mol. The van der Waals surface area contributed by atoms with Crippen molar-refractivity contribution in [2.75, 3.05) is 0 Å². The van der Waals surface area contributed by atoms with Crippen LogP contribution < -0.4 is 5.63 Å². The second-order valence-electron chi connectivity index (χ2n) is 5.43. The number of thioether (sulfide) groups is 1. The quantitative estimate of drug-likeness (QED) is 0.624. The van der Waals surface area contributed by atoms with E-state index in [1.54, 1.807) is 0 Å². The van der Waals surface area contributed by atoms with Crippen LogP contribution in [0.5, 0.6) is 5.75 Å². The summed E-state index contributed by atoms with van der Waals surface area (Å²) in [7, 11) is 0. The van der Waals surface area contributed by atoms with E-state index in [4.69, 9.17) is 4.42 Å². The molecule has 0 aliphatic heterocycles. The third kappa shape index (κ3) is 3.94. The summed E-state index contributed by atoms with van der Waals surface area (Å²) in [5, 5.41) is 10.1. The smallest absolute Gasteiger partial charge is 0.417 e. The number of alkyl halides is 3. The largest absolute Gasteiger partial charge is 0.506 e. The third-order valence-electron chi connectivity index (χ3n) is 3.61. The molecule has 1 aromatic heterocycles. The maximum absolute atomic E-state index is 13.1. The Morgan fingerprint density at radius 1 is 1.00 bits per heavy atom. The minimum absolute atomic E-state index is 0.0397. The van der Waals surface area contributed by atoms with Gasteiger partial charge in [0.2, 0.25) is 0 Å². The maximum atomic E-state index is 13.1. The summed E-state index contributed by atoms with van der Waals surface area (Å²) in [6.07, 6.45) is -4.61. The molecule has 0 aliphatic carbocycles. The van der Waals surface area contributed by atoms with Gasteiger partial charge in [-0.2, -0.15) is 13.2 Å². The second-order valence-corrected chi connectivity index (χ2v) is 6.42. The second kappa shape index (κ2) is 7.29. The van der Waals surface area contributed by atoms with Gasteiger partial charge in [-0.25, -0.2) is 4.79 Å². The van der Waals surface area contributed by atoms with Crippen LogP contribution in [0.1, 0.15) is 11.1 Å². The van der Waals surface area contributed by atoms with Crippen LogP contribution in [0.15, 0.2) is 74.8 Å². The van der Waals surface area contributed by atoms with Crippen molar-refractivity contribution in [1.82, 2.24) is 0 Å². The average molecular weight is 378 g/mol. The van der Waals surface area contributed by atoms with Gasteiger partial charge in [-0.3, -0.25) is 0 Å². The van der Waals surface area contributed by atoms with Crippen molar-refractivity contribution < 1.29 is 22.7 Å². The maximum Gasteiger partial charge on any atom is 0.417 e. The highest BCUT2D eigenvalue weighted by Crippen LogP contribution is 2.38. The molecule has 0 bridgehead atoms. The van der Waals surface area contributed by atoms with Crippen LogP contribution in [-0.4, -0.2) is 5.11 Å². The van der Waals surface area contributed by atoms with Gasteiger partial charge in [0.05, 0.1) is 5.56 Å². The van der Waals surface area contributed by atoms with E-state index in [-0.39, 0.29) is 16.2 Å². The van der Waals surface area contributed by atoms with Gasteiger partial charge < -0.3 is 9.52 Å². The lowest BCUT2D eigenvalue weighted by atomic mass is 10.0. The molecule has 0 aliphatic rings. The van der Waals surface area contributed by atoms with Gasteiger partial charge in [-0.05, 0) is 11.6 Å². The van der Waals surface area contributed by atoms with E-state index in [9.17, 15) is 23.1 Å². The monoisotopic (exact) mass is 378 g/mol. The molecule has 2 aromatic carbocycles. The molecule has 0 unspecified atom stereocenters. The lowest BCUT2D eigenvalue weighted by Crippen LogP contribution is -2.08. The Morgan fingerprint density at radius 3 is 2.31 bits per heavy atom. The standard InChI is InChI=1S/C19H13F3O3S/c20-19(21,22)14-9-5-4-8-13(14)16-10-15(23)17(18(24)25-16)26-11-12-6-2-1-3-7-12/h1-10,23H,11H2. The molecule has 0 saturated carbocycles. The number of rotatable bonds is 4. The van der Waals surface area contributed by atoms with Crippen molar-refractivity contribution in [3.8, 4) is 17.1 Å². The fraction of sp³-hybridized carbons (Fsp3) is 0.105. The molecular formula is C19H13F3O3S. The summed E-state index contributed by atoms with van der Waals surface area (Å²) in [5.74, 6) is -0.323. The fourth-order valence-corrected chi connectivity index (χ4v) is 3.28. The third-order valence-corrected chi connectivity index (χ3v) is 4.75. The van der Waals surface area contributed by atoms with Crippen LogP contribution in [-0.2, 0) is 11.9 Å². The van der Waals surface area contributed by atoms with Crippen LogP contribution in [0.4, 0.5) is 13.2 Å². The van der Waals surface area contributed by atoms with Crippen molar-refractivity contribution in [3.05, 3.63) is 82.2 Å². The molecule has 0 amide bonds. The Morgan fingerprint density at radius 2 is 1.65 bits per heavy atom. The SMILES string of the molecule is O=c1oc(-c2ccccc2C(F)(F)F)cc(O)c1SCc1ccccc1. The van der Waals surface area contributed by atoms with Crippen LogP contribution in [0.2, 0.25) is 0 Å². The molecule has 0 radical (unpaired) electrons. The molecule has 26 heavy (non-hydrogen) atoms. The summed E-state index contributed by atoms with van der Waals surface area (Å²) in [6.45, 7) is 0. The van der Waals surface area contributed by atoms with Gasteiger partial charge in [-0.1, -0.05) is 48.5 Å². The lowest BCUT2D eigenvalue weighted by molar-refractivity contribution is -0.137. The number of halogens is 3. The van der Waals surface area contributed by atoms with Crippen LogP contribution in [0.25, 0.3) is 11.3 Å². The topological polar surface area (TPSA) is 50.4 Å². The Bertz CT molecular complexity index is 966. The molecule has 134 valence electrons. The molecule has 0 saturated heterocycles. The first kappa shape index (κ1) is 18.1. The van der Waals surface area contributed by atoms with E-state index in [0.717, 1.165) is 29.5 Å². The molecule has 0 fully saturated rings. The molecule has 3 rings (SSSR count). The first-order valence-corrected chi connectivity index (χ1v) is 8.55. The van der Waals surface area contributed by atoms with Gasteiger partial charge >= 0.3 is 11.8 Å². The first-order valence-electron chi connectivity index (χ1n) is 7.56. The van der Waals surface area contributed by atoms with Crippen LogP contribution >= 0.6 is 11.8 Å². The van der Waals surface area contributed by atoms with Gasteiger partial charge in [0.15, 0.2) is 0 Å². The summed E-state index contributed by atoms with van der Waals surface area (Å²) < 4.78 is 44.5. The van der Waals surface area contributed by atoms with Crippen molar-refractivity contribution >= 4 is 11.8 Å². The highest BCUT2D eigenvalue weighted by molar-refractivity contribution is 7.98. The normalized spacial score (nSPS) is 11.5. The molecule has 0 spiro atoms. The first-order chi connectivity index (χ1) is 12.4. The van der Waals surface area contributed by atoms with E-state index in [2.05, 4.69) is 0 Å².